The summed E-state index contributed by atoms with van der Waals surface area (Å²) in [6.07, 6.45) is 0.823. The number of alkyl carbamates (subject to hydrolysis) is 1. The van der Waals surface area contributed by atoms with Gasteiger partial charge in [0.1, 0.15) is 17.7 Å². The van der Waals surface area contributed by atoms with E-state index in [2.05, 4.69) is 10.6 Å². The zero-order valence-corrected chi connectivity index (χ0v) is 19.2. The number of nitrogens with one attached hydrogen (secondary N) is 2. The highest BCUT2D eigenvalue weighted by molar-refractivity contribution is 5.92. The molecular weight excluding hydrogens is 408 g/mol. The molecule has 10 nitrogen and oxygen atoms in total. The number of hydrogen-bond donors (Lipinski definition) is 2. The van der Waals surface area contributed by atoms with Crippen LogP contribution in [-0.4, -0.2) is 75.0 Å². The molecule has 31 heavy (non-hydrogen) atoms. The fourth-order valence-electron chi connectivity index (χ4n) is 2.82. The highest BCUT2D eigenvalue weighted by Gasteiger charge is 2.29. The highest BCUT2D eigenvalue weighted by atomic mass is 16.6. The molecule has 0 bridgehead atoms. The third-order valence-corrected chi connectivity index (χ3v) is 4.50. The first-order chi connectivity index (χ1) is 14.5. The van der Waals surface area contributed by atoms with Crippen molar-refractivity contribution in [1.82, 2.24) is 10.6 Å². The van der Waals surface area contributed by atoms with Crippen LogP contribution in [0.1, 0.15) is 53.4 Å². The molecule has 1 fully saturated rings. The van der Waals surface area contributed by atoms with Gasteiger partial charge in [-0.1, -0.05) is 6.92 Å². The van der Waals surface area contributed by atoms with Gasteiger partial charge in [0.25, 0.3) is 0 Å². The van der Waals surface area contributed by atoms with Crippen LogP contribution in [0.2, 0.25) is 0 Å². The van der Waals surface area contributed by atoms with E-state index in [0.717, 1.165) is 6.42 Å². The molecule has 0 spiro atoms. The summed E-state index contributed by atoms with van der Waals surface area (Å²) < 4.78 is 21.1. The van der Waals surface area contributed by atoms with Gasteiger partial charge in [0.05, 0.1) is 13.7 Å². The minimum absolute atomic E-state index is 0.0297. The van der Waals surface area contributed by atoms with Gasteiger partial charge in [0.15, 0.2) is 5.78 Å². The molecule has 0 saturated carbocycles. The average Bonchev–Trinajstić information content (AvgIpc) is 2.67. The molecule has 1 aliphatic heterocycles. The van der Waals surface area contributed by atoms with Crippen molar-refractivity contribution in [2.75, 3.05) is 33.5 Å². The van der Waals surface area contributed by atoms with Crippen LogP contribution < -0.4 is 10.6 Å². The summed E-state index contributed by atoms with van der Waals surface area (Å²) in [7, 11) is 1.24. The maximum Gasteiger partial charge on any atom is 0.408 e. The summed E-state index contributed by atoms with van der Waals surface area (Å²) >= 11 is 0. The minimum Gasteiger partial charge on any atom is -0.467 e. The van der Waals surface area contributed by atoms with E-state index >= 15 is 0 Å². The van der Waals surface area contributed by atoms with Crippen molar-refractivity contribution >= 4 is 23.8 Å². The molecule has 1 rings (SSSR count). The standard InChI is InChI=1S/C21H36N2O8/c1-14-12-17(24)16(23-20(27)31-21(2,3)4)13-30-10-7-6-9-29-11-8-15(19(26)28-5)22-18(14)25/h14-16H,6-13H2,1-5H3,(H,22,25)(H,23,27)/t14-,15+,16+/m1/s1. The molecule has 0 aromatic carbocycles. The smallest absolute Gasteiger partial charge is 0.408 e. The van der Waals surface area contributed by atoms with Gasteiger partial charge in [-0.05, 0) is 33.6 Å². The monoisotopic (exact) mass is 444 g/mol. The number of amides is 2. The Morgan fingerprint density at radius 2 is 1.74 bits per heavy atom. The first kappa shape index (κ1) is 26.8. The van der Waals surface area contributed by atoms with Crippen molar-refractivity contribution in [3.8, 4) is 0 Å². The lowest BCUT2D eigenvalue weighted by molar-refractivity contribution is -0.146. The number of methoxy groups -OCH3 is 1. The quantitative estimate of drug-likeness (QED) is 0.611. The first-order valence-corrected chi connectivity index (χ1v) is 10.6. The van der Waals surface area contributed by atoms with E-state index in [0.29, 0.717) is 19.6 Å². The molecule has 0 unspecified atom stereocenters. The van der Waals surface area contributed by atoms with Crippen molar-refractivity contribution in [3.63, 3.8) is 0 Å². The van der Waals surface area contributed by atoms with Crippen LogP contribution in [0.4, 0.5) is 4.79 Å². The molecule has 0 aliphatic carbocycles. The SMILES string of the molecule is COC(=O)[C@@H]1CCOCCCCOC[C@H](NC(=O)OC(C)(C)C)C(=O)C[C@@H](C)C(=O)N1. The molecule has 0 aromatic rings. The van der Waals surface area contributed by atoms with Crippen LogP contribution in [0, 0.1) is 5.92 Å². The van der Waals surface area contributed by atoms with E-state index in [9.17, 15) is 19.2 Å². The molecule has 2 N–H and O–H groups in total. The van der Waals surface area contributed by atoms with Crippen LogP contribution >= 0.6 is 0 Å². The van der Waals surface area contributed by atoms with E-state index in [-0.39, 0.29) is 31.8 Å². The lowest BCUT2D eigenvalue weighted by Gasteiger charge is -2.24. The molecule has 2 amide bonds. The van der Waals surface area contributed by atoms with Crippen LogP contribution in [-0.2, 0) is 33.3 Å². The van der Waals surface area contributed by atoms with Gasteiger partial charge in [-0.3, -0.25) is 9.59 Å². The van der Waals surface area contributed by atoms with Gasteiger partial charge in [0, 0.05) is 38.6 Å². The molecule has 1 heterocycles. The predicted molar refractivity (Wildman–Crippen MR) is 111 cm³/mol. The van der Waals surface area contributed by atoms with Gasteiger partial charge < -0.3 is 29.6 Å². The number of carbonyl (C=O) groups excluding carboxylic acids is 4. The Kier molecular flexibility index (Phi) is 11.5. The third-order valence-electron chi connectivity index (χ3n) is 4.50. The van der Waals surface area contributed by atoms with Crippen molar-refractivity contribution in [2.24, 2.45) is 5.92 Å². The molecule has 1 saturated heterocycles. The summed E-state index contributed by atoms with van der Waals surface area (Å²) in [6, 6.07) is -1.81. The summed E-state index contributed by atoms with van der Waals surface area (Å²) in [4.78, 5) is 49.5. The number of esters is 1. The van der Waals surface area contributed by atoms with Crippen molar-refractivity contribution in [2.45, 2.75) is 71.1 Å². The largest absolute Gasteiger partial charge is 0.467 e. The number of ether oxygens (including phenoxy) is 4. The maximum absolute atomic E-state index is 12.8. The second kappa shape index (κ2) is 13.3. The summed E-state index contributed by atoms with van der Waals surface area (Å²) in [6.45, 7) is 7.85. The van der Waals surface area contributed by atoms with Crippen LogP contribution in [0.25, 0.3) is 0 Å². The number of rotatable bonds is 2. The van der Waals surface area contributed by atoms with Gasteiger partial charge in [-0.15, -0.1) is 0 Å². The molecule has 10 heteroatoms. The Morgan fingerprint density at radius 1 is 1.10 bits per heavy atom. The lowest BCUT2D eigenvalue weighted by Crippen LogP contribution is -2.48. The fourth-order valence-corrected chi connectivity index (χ4v) is 2.82. The second-order valence-electron chi connectivity index (χ2n) is 8.54. The Morgan fingerprint density at radius 3 is 2.35 bits per heavy atom. The maximum atomic E-state index is 12.8. The van der Waals surface area contributed by atoms with Gasteiger partial charge in [-0.25, -0.2) is 9.59 Å². The lowest BCUT2D eigenvalue weighted by atomic mass is 9.99. The van der Waals surface area contributed by atoms with Gasteiger partial charge >= 0.3 is 12.1 Å². The summed E-state index contributed by atoms with van der Waals surface area (Å²) in [5, 5.41) is 5.15. The molecule has 1 aliphatic rings. The predicted octanol–water partition coefficient (Wildman–Crippen LogP) is 1.35. The highest BCUT2D eigenvalue weighted by Crippen LogP contribution is 2.11. The fraction of sp³-hybridized carbons (Fsp3) is 0.810. The normalized spacial score (nSPS) is 25.3. The Hall–Kier alpha value is -2.20. The van der Waals surface area contributed by atoms with Gasteiger partial charge in [0.2, 0.25) is 5.91 Å². The zero-order valence-electron chi connectivity index (χ0n) is 19.2. The van der Waals surface area contributed by atoms with Crippen LogP contribution in [0.3, 0.4) is 0 Å². The van der Waals surface area contributed by atoms with E-state index in [4.69, 9.17) is 18.9 Å². The third kappa shape index (κ3) is 11.1. The Bertz CT molecular complexity index is 617. The second-order valence-corrected chi connectivity index (χ2v) is 8.54. The van der Waals surface area contributed by atoms with E-state index in [1.54, 1.807) is 27.7 Å². The minimum atomic E-state index is -0.953. The van der Waals surface area contributed by atoms with E-state index in [1.165, 1.54) is 7.11 Å². The Labute approximate surface area is 183 Å². The zero-order chi connectivity index (χ0) is 23.4. The molecule has 0 radical (unpaired) electrons. The summed E-state index contributed by atoms with van der Waals surface area (Å²) in [5.41, 5.74) is -0.720. The van der Waals surface area contributed by atoms with Crippen molar-refractivity contribution < 1.29 is 38.1 Å². The van der Waals surface area contributed by atoms with Crippen LogP contribution in [0.15, 0.2) is 0 Å². The molecular formula is C21H36N2O8. The van der Waals surface area contributed by atoms with E-state index in [1.807, 2.05) is 0 Å². The Balaban J connectivity index is 2.87. The molecule has 178 valence electrons. The van der Waals surface area contributed by atoms with E-state index < -0.39 is 41.6 Å². The number of carbonyl (C=O) groups is 4. The van der Waals surface area contributed by atoms with Crippen molar-refractivity contribution in [3.05, 3.63) is 0 Å². The molecule has 3 atom stereocenters. The number of ketones is 1. The number of hydrogen-bond acceptors (Lipinski definition) is 8. The topological polar surface area (TPSA) is 129 Å². The number of Topliss-reactive ketones (excluding diaryl/α,β-unsaturated/α-hetero) is 1. The average molecular weight is 445 g/mol. The van der Waals surface area contributed by atoms with Crippen LogP contribution in [0.5, 0.6) is 0 Å². The summed E-state index contributed by atoms with van der Waals surface area (Å²) in [5.74, 6) is -2.13. The molecule has 0 aromatic heterocycles. The first-order valence-electron chi connectivity index (χ1n) is 10.6. The van der Waals surface area contributed by atoms with Crippen molar-refractivity contribution in [1.29, 1.82) is 0 Å². The van der Waals surface area contributed by atoms with Gasteiger partial charge in [-0.2, -0.15) is 0 Å².